The summed E-state index contributed by atoms with van der Waals surface area (Å²) < 4.78 is 27.9. The molecule has 0 bridgehead atoms. The minimum atomic E-state index is -3.29. The molecule has 2 aromatic carbocycles. The zero-order valence-corrected chi connectivity index (χ0v) is 20.4. The van der Waals surface area contributed by atoms with Gasteiger partial charge >= 0.3 is 0 Å². The second-order valence-electron chi connectivity index (χ2n) is 8.47. The zero-order valence-electron chi connectivity index (χ0n) is 18.6. The molecule has 2 rings (SSSR count). The van der Waals surface area contributed by atoms with Gasteiger partial charge in [-0.25, -0.2) is 8.42 Å². The molecule has 0 saturated heterocycles. The van der Waals surface area contributed by atoms with E-state index in [1.807, 2.05) is 24.3 Å². The number of ether oxygens (including phenoxy) is 1. The van der Waals surface area contributed by atoms with Crippen LogP contribution in [0.15, 0.2) is 48.5 Å². The van der Waals surface area contributed by atoms with Gasteiger partial charge in [0.15, 0.2) is 0 Å². The Balaban J connectivity index is 2.21. The van der Waals surface area contributed by atoms with Crippen molar-refractivity contribution in [2.24, 2.45) is 0 Å². The zero-order chi connectivity index (χ0) is 23.2. The summed E-state index contributed by atoms with van der Waals surface area (Å²) in [4.78, 5) is 25.4. The van der Waals surface area contributed by atoms with Crippen molar-refractivity contribution in [3.8, 4) is 5.75 Å². The van der Waals surface area contributed by atoms with Crippen LogP contribution < -0.4 is 20.6 Å². The number of hydrogen-bond donors (Lipinski definition) is 2. The van der Waals surface area contributed by atoms with Crippen molar-refractivity contribution in [2.45, 2.75) is 32.1 Å². The van der Waals surface area contributed by atoms with E-state index in [1.165, 1.54) is 12.3 Å². The van der Waals surface area contributed by atoms with E-state index >= 15 is 0 Å². The van der Waals surface area contributed by atoms with Crippen molar-refractivity contribution in [1.82, 2.24) is 5.32 Å². The van der Waals surface area contributed by atoms with Crippen molar-refractivity contribution in [1.29, 1.82) is 0 Å². The third-order valence-corrected chi connectivity index (χ3v) is 7.75. The largest absolute Gasteiger partial charge is 0.497 e. The Morgan fingerprint density at radius 1 is 1.00 bits per heavy atom. The molecule has 2 amide bonds. The summed E-state index contributed by atoms with van der Waals surface area (Å²) in [7, 11) is -3.21. The Hall–Kier alpha value is -2.65. The van der Waals surface area contributed by atoms with Gasteiger partial charge in [0, 0.05) is 18.4 Å². The number of nitrogens with one attached hydrogen (secondary N) is 2. The number of amides is 2. The fraction of sp³-hybridized carbons (Fsp3) is 0.364. The van der Waals surface area contributed by atoms with Gasteiger partial charge in [-0.05, 0) is 29.8 Å². The van der Waals surface area contributed by atoms with Gasteiger partial charge < -0.3 is 15.4 Å². The maximum absolute atomic E-state index is 13.0. The molecular formula is C22H30N2O5SSi. The monoisotopic (exact) mass is 462 g/mol. The van der Waals surface area contributed by atoms with Crippen LogP contribution in [0, 0.1) is 0 Å². The Morgan fingerprint density at radius 2 is 1.58 bits per heavy atom. The fourth-order valence-electron chi connectivity index (χ4n) is 2.88. The van der Waals surface area contributed by atoms with E-state index in [2.05, 4.69) is 30.3 Å². The summed E-state index contributed by atoms with van der Waals surface area (Å²) in [6.45, 7) is 6.73. The number of carbonyl (C=O) groups is 2. The summed E-state index contributed by atoms with van der Waals surface area (Å²) in [6, 6.07) is 13.5. The van der Waals surface area contributed by atoms with Crippen molar-refractivity contribution in [3.63, 3.8) is 0 Å². The molecule has 0 aliphatic rings. The van der Waals surface area contributed by atoms with E-state index in [1.54, 1.807) is 24.3 Å². The number of rotatable bonds is 9. The minimum absolute atomic E-state index is 0.219. The number of carbonyl (C=O) groups excluding carboxylic acids is 2. The van der Waals surface area contributed by atoms with Crippen molar-refractivity contribution in [3.05, 3.63) is 54.1 Å². The van der Waals surface area contributed by atoms with Crippen molar-refractivity contribution < 1.29 is 22.7 Å². The lowest BCUT2D eigenvalue weighted by molar-refractivity contribution is -0.126. The summed E-state index contributed by atoms with van der Waals surface area (Å²) in [6.07, 6.45) is 0.849. The number of benzene rings is 2. The van der Waals surface area contributed by atoms with Crippen LogP contribution in [0.5, 0.6) is 5.75 Å². The van der Waals surface area contributed by atoms with Gasteiger partial charge in [0.25, 0.3) is 5.91 Å². The quantitative estimate of drug-likeness (QED) is 0.558. The van der Waals surface area contributed by atoms with E-state index in [0.29, 0.717) is 17.0 Å². The van der Waals surface area contributed by atoms with E-state index in [0.717, 1.165) is 6.26 Å². The maximum atomic E-state index is 13.0. The molecule has 0 heterocycles. The highest BCUT2D eigenvalue weighted by Gasteiger charge is 2.24. The Bertz CT molecular complexity index is 1010. The first-order valence-corrected chi connectivity index (χ1v) is 15.5. The fourth-order valence-corrected chi connectivity index (χ4v) is 4.60. The standard InChI is InChI=1S/C22H30N2O5SSi/c1-29-18-10-6-16(7-11-18)21(24-20(25)14-15-30(2,27)28)22(26)23-17-8-12-19(13-9-17)31(3,4)5/h6-13,21H,14-15H2,1-5H3,(H,23,26)(H,24,25). The third-order valence-electron chi connectivity index (χ3n) is 4.74. The average Bonchev–Trinajstić information content (AvgIpc) is 2.70. The lowest BCUT2D eigenvalue weighted by atomic mass is 10.1. The van der Waals surface area contributed by atoms with Crippen LogP contribution in [0.25, 0.3) is 0 Å². The van der Waals surface area contributed by atoms with Crippen LogP contribution in [-0.2, 0) is 19.4 Å². The second-order valence-corrected chi connectivity index (χ2v) is 15.8. The Morgan fingerprint density at radius 3 is 2.06 bits per heavy atom. The molecule has 0 spiro atoms. The molecule has 0 fully saturated rings. The SMILES string of the molecule is COc1ccc(C(NC(=O)CCS(C)(=O)=O)C(=O)Nc2ccc([Si](C)(C)C)cc2)cc1. The van der Waals surface area contributed by atoms with Gasteiger partial charge in [-0.2, -0.15) is 0 Å². The lowest BCUT2D eigenvalue weighted by Crippen LogP contribution is -2.38. The highest BCUT2D eigenvalue weighted by Crippen LogP contribution is 2.20. The normalized spacial score (nSPS) is 12.7. The maximum Gasteiger partial charge on any atom is 0.251 e. The lowest BCUT2D eigenvalue weighted by Gasteiger charge is -2.20. The summed E-state index contributed by atoms with van der Waals surface area (Å²) in [5, 5.41) is 6.76. The average molecular weight is 463 g/mol. The molecule has 2 aromatic rings. The first-order valence-electron chi connectivity index (χ1n) is 9.91. The smallest absolute Gasteiger partial charge is 0.251 e. The molecular weight excluding hydrogens is 432 g/mol. The molecule has 1 unspecified atom stereocenters. The molecule has 9 heteroatoms. The molecule has 0 aliphatic heterocycles. The van der Waals surface area contributed by atoms with Gasteiger partial charge in [0.2, 0.25) is 5.91 Å². The van der Waals surface area contributed by atoms with Crippen LogP contribution >= 0.6 is 0 Å². The first kappa shape index (κ1) is 24.6. The number of sulfone groups is 1. The summed E-state index contributed by atoms with van der Waals surface area (Å²) in [5.41, 5.74) is 1.18. The van der Waals surface area contributed by atoms with E-state index in [9.17, 15) is 18.0 Å². The molecule has 0 aromatic heterocycles. The molecule has 31 heavy (non-hydrogen) atoms. The van der Waals surface area contributed by atoms with Gasteiger partial charge in [-0.15, -0.1) is 0 Å². The molecule has 0 aliphatic carbocycles. The molecule has 7 nitrogen and oxygen atoms in total. The van der Waals surface area contributed by atoms with Gasteiger partial charge in [-0.1, -0.05) is 49.1 Å². The highest BCUT2D eigenvalue weighted by molar-refractivity contribution is 7.90. The molecule has 168 valence electrons. The van der Waals surface area contributed by atoms with E-state index in [4.69, 9.17) is 4.74 Å². The number of methoxy groups -OCH3 is 1. The second kappa shape index (κ2) is 10.1. The van der Waals surface area contributed by atoms with Crippen LogP contribution in [0.1, 0.15) is 18.0 Å². The molecule has 0 radical (unpaired) electrons. The predicted octanol–water partition coefficient (Wildman–Crippen LogP) is 2.47. The first-order chi connectivity index (χ1) is 14.4. The van der Waals surface area contributed by atoms with Gasteiger partial charge in [-0.3, -0.25) is 9.59 Å². The van der Waals surface area contributed by atoms with E-state index < -0.39 is 35.8 Å². The van der Waals surface area contributed by atoms with Crippen LogP contribution in [0.3, 0.4) is 0 Å². The number of hydrogen-bond acceptors (Lipinski definition) is 5. The molecule has 1 atom stereocenters. The number of anilines is 1. The molecule has 0 saturated carbocycles. The Labute approximate surface area is 185 Å². The topological polar surface area (TPSA) is 102 Å². The summed E-state index contributed by atoms with van der Waals surface area (Å²) >= 11 is 0. The van der Waals surface area contributed by atoms with Crippen LogP contribution in [0.2, 0.25) is 19.6 Å². The third kappa shape index (κ3) is 7.84. The van der Waals surface area contributed by atoms with Gasteiger partial charge in [0.05, 0.1) is 20.9 Å². The van der Waals surface area contributed by atoms with E-state index in [-0.39, 0.29) is 12.2 Å². The highest BCUT2D eigenvalue weighted by atomic mass is 32.2. The van der Waals surface area contributed by atoms with Crippen LogP contribution in [0.4, 0.5) is 5.69 Å². The minimum Gasteiger partial charge on any atom is -0.497 e. The van der Waals surface area contributed by atoms with Crippen LogP contribution in [-0.4, -0.2) is 47.4 Å². The van der Waals surface area contributed by atoms with Gasteiger partial charge in [0.1, 0.15) is 21.6 Å². The molecule has 2 N–H and O–H groups in total. The summed E-state index contributed by atoms with van der Waals surface area (Å²) in [5.74, 6) is -0.601. The predicted molar refractivity (Wildman–Crippen MR) is 126 cm³/mol. The van der Waals surface area contributed by atoms with Crippen molar-refractivity contribution in [2.75, 3.05) is 24.4 Å². The van der Waals surface area contributed by atoms with Crippen molar-refractivity contribution >= 4 is 40.6 Å². The Kier molecular flexibility index (Phi) is 8.02.